The van der Waals surface area contributed by atoms with Crippen molar-refractivity contribution in [3.05, 3.63) is 69.8 Å². The second kappa shape index (κ2) is 12.2. The number of benzene rings is 1. The van der Waals surface area contributed by atoms with Crippen molar-refractivity contribution in [1.29, 1.82) is 0 Å². The molecule has 34 heavy (non-hydrogen) atoms. The van der Waals surface area contributed by atoms with Crippen LogP contribution in [0.3, 0.4) is 0 Å². The number of aliphatic hydroxyl groups excluding tert-OH is 1. The average Bonchev–Trinajstić information content (AvgIpc) is 3.36. The van der Waals surface area contributed by atoms with Crippen LogP contribution >= 0.6 is 11.6 Å². The molecule has 1 amide bonds. The van der Waals surface area contributed by atoms with E-state index in [0.29, 0.717) is 22.9 Å². The van der Waals surface area contributed by atoms with Crippen LogP contribution in [-0.2, 0) is 4.79 Å². The molecule has 1 atom stereocenters. The van der Waals surface area contributed by atoms with E-state index in [1.807, 2.05) is 6.07 Å². The summed E-state index contributed by atoms with van der Waals surface area (Å²) < 4.78 is 5.51. The van der Waals surface area contributed by atoms with Crippen molar-refractivity contribution in [3.63, 3.8) is 0 Å². The first-order valence-corrected chi connectivity index (χ1v) is 12.6. The van der Waals surface area contributed by atoms with Crippen molar-refractivity contribution in [2.75, 3.05) is 26.2 Å². The molecule has 1 aliphatic heterocycles. The van der Waals surface area contributed by atoms with Gasteiger partial charge in [-0.05, 0) is 75.6 Å². The van der Waals surface area contributed by atoms with Gasteiger partial charge in [0.25, 0.3) is 5.91 Å². The van der Waals surface area contributed by atoms with Gasteiger partial charge in [0.2, 0.25) is 5.78 Å². The largest absolute Gasteiger partial charge is 0.503 e. The van der Waals surface area contributed by atoms with Gasteiger partial charge >= 0.3 is 0 Å². The van der Waals surface area contributed by atoms with Crippen molar-refractivity contribution >= 4 is 23.3 Å². The minimum atomic E-state index is -0.719. The van der Waals surface area contributed by atoms with Crippen molar-refractivity contribution in [3.8, 4) is 0 Å². The number of hydrogen-bond donors (Lipinski definition) is 1. The highest BCUT2D eigenvalue weighted by Gasteiger charge is 2.44. The molecule has 0 bridgehead atoms. The van der Waals surface area contributed by atoms with E-state index >= 15 is 0 Å². The van der Waals surface area contributed by atoms with Gasteiger partial charge in [-0.15, -0.1) is 0 Å². The lowest BCUT2D eigenvalue weighted by Gasteiger charge is -2.28. The van der Waals surface area contributed by atoms with Crippen LogP contribution in [0.25, 0.3) is 0 Å². The van der Waals surface area contributed by atoms with Gasteiger partial charge in [-0.3, -0.25) is 9.59 Å². The van der Waals surface area contributed by atoms with Crippen LogP contribution in [0.2, 0.25) is 5.02 Å². The summed E-state index contributed by atoms with van der Waals surface area (Å²) in [7, 11) is 0. The highest BCUT2D eigenvalue weighted by molar-refractivity contribution is 6.30. The molecule has 184 valence electrons. The Morgan fingerprint density at radius 2 is 1.76 bits per heavy atom. The zero-order valence-electron chi connectivity index (χ0n) is 20.3. The molecular weight excluding hydrogens is 452 g/mol. The minimum absolute atomic E-state index is 0.0374. The normalized spacial score (nSPS) is 16.2. The van der Waals surface area contributed by atoms with Gasteiger partial charge in [0.05, 0.1) is 11.6 Å². The van der Waals surface area contributed by atoms with E-state index in [1.165, 1.54) is 0 Å². The molecule has 0 aliphatic carbocycles. The molecule has 1 aromatic heterocycles. The monoisotopic (exact) mass is 486 g/mol. The van der Waals surface area contributed by atoms with Crippen molar-refractivity contribution < 1.29 is 19.1 Å². The van der Waals surface area contributed by atoms with Crippen LogP contribution in [0.15, 0.2) is 52.1 Å². The second-order valence-electron chi connectivity index (χ2n) is 8.86. The third-order valence-electron chi connectivity index (χ3n) is 6.21. The van der Waals surface area contributed by atoms with Crippen LogP contribution in [0.1, 0.15) is 73.9 Å². The van der Waals surface area contributed by atoms with E-state index in [1.54, 1.807) is 42.2 Å². The standard InChI is InChI=1S/C27H35ClN2O4/c1-4-6-14-29(15-7-5-2)16-9-17-30-24(20-10-8-11-21(28)18-20)23(26(32)27(30)33)25(31)22-13-12-19(3)34-22/h8,10-13,18,24,32H,4-7,9,14-17H2,1-3H3/t24-/m0/s1. The topological polar surface area (TPSA) is 74.0 Å². The number of aryl methyl sites for hydroxylation is 1. The Hall–Kier alpha value is -2.57. The van der Waals surface area contributed by atoms with Crippen LogP contribution < -0.4 is 0 Å². The minimum Gasteiger partial charge on any atom is -0.503 e. The summed E-state index contributed by atoms with van der Waals surface area (Å²) >= 11 is 6.24. The zero-order chi connectivity index (χ0) is 24.7. The van der Waals surface area contributed by atoms with Crippen LogP contribution in [0.5, 0.6) is 0 Å². The van der Waals surface area contributed by atoms with E-state index in [-0.39, 0.29) is 11.3 Å². The lowest BCUT2D eigenvalue weighted by Crippen LogP contribution is -2.35. The predicted molar refractivity (Wildman–Crippen MR) is 134 cm³/mol. The van der Waals surface area contributed by atoms with Crippen LogP contribution in [0.4, 0.5) is 0 Å². The number of rotatable bonds is 13. The number of amides is 1. The number of unbranched alkanes of at least 4 members (excludes halogenated alkanes) is 2. The molecule has 1 aliphatic rings. The second-order valence-corrected chi connectivity index (χ2v) is 9.30. The molecule has 1 aromatic carbocycles. The summed E-state index contributed by atoms with van der Waals surface area (Å²) in [6.45, 7) is 9.46. The molecule has 7 heteroatoms. The fourth-order valence-corrected chi connectivity index (χ4v) is 4.59. The Labute approximate surface area is 207 Å². The maximum Gasteiger partial charge on any atom is 0.290 e. The number of Topliss-reactive ketones (excluding diaryl/α,β-unsaturated/α-hetero) is 1. The predicted octanol–water partition coefficient (Wildman–Crippen LogP) is 6.11. The number of halogens is 1. The maximum atomic E-state index is 13.3. The Kier molecular flexibility index (Phi) is 9.36. The highest BCUT2D eigenvalue weighted by atomic mass is 35.5. The Morgan fingerprint density at radius 3 is 2.35 bits per heavy atom. The SMILES string of the molecule is CCCCN(CCCC)CCCN1C(=O)C(O)=C(C(=O)c2ccc(C)o2)[C@@H]1c1cccc(Cl)c1. The Balaban J connectivity index is 1.84. The van der Waals surface area contributed by atoms with Gasteiger partial charge in [0, 0.05) is 11.6 Å². The van der Waals surface area contributed by atoms with Crippen molar-refractivity contribution in [2.24, 2.45) is 0 Å². The molecule has 0 radical (unpaired) electrons. The van der Waals surface area contributed by atoms with Crippen molar-refractivity contribution in [2.45, 2.75) is 58.9 Å². The molecule has 1 N–H and O–H groups in total. The average molecular weight is 487 g/mol. The number of hydrogen-bond acceptors (Lipinski definition) is 5. The fraction of sp³-hybridized carbons (Fsp3) is 0.481. The van der Waals surface area contributed by atoms with Crippen molar-refractivity contribution in [1.82, 2.24) is 9.80 Å². The third kappa shape index (κ3) is 6.10. The Morgan fingerprint density at radius 1 is 1.09 bits per heavy atom. The highest BCUT2D eigenvalue weighted by Crippen LogP contribution is 2.39. The number of nitrogens with zero attached hydrogens (tertiary/aromatic N) is 2. The summed E-state index contributed by atoms with van der Waals surface area (Å²) in [5.41, 5.74) is 0.723. The molecule has 0 saturated carbocycles. The van der Waals surface area contributed by atoms with E-state index < -0.39 is 23.5 Å². The third-order valence-corrected chi connectivity index (χ3v) is 6.44. The number of furan rings is 1. The summed E-state index contributed by atoms with van der Waals surface area (Å²) in [6, 6.07) is 9.63. The summed E-state index contributed by atoms with van der Waals surface area (Å²) in [5, 5.41) is 11.3. The molecule has 0 unspecified atom stereocenters. The zero-order valence-corrected chi connectivity index (χ0v) is 21.1. The first-order chi connectivity index (χ1) is 16.4. The van der Waals surface area contributed by atoms with Gasteiger partial charge in [0.15, 0.2) is 11.5 Å². The fourth-order valence-electron chi connectivity index (χ4n) is 4.39. The summed E-state index contributed by atoms with van der Waals surface area (Å²) in [4.78, 5) is 30.5. The quantitative estimate of drug-likeness (QED) is 0.345. The lowest BCUT2D eigenvalue weighted by molar-refractivity contribution is -0.129. The number of carbonyl (C=O) groups excluding carboxylic acids is 2. The molecule has 0 fully saturated rings. The van der Waals surface area contributed by atoms with Gasteiger partial charge in [-0.1, -0.05) is 50.4 Å². The maximum absolute atomic E-state index is 13.3. The van der Waals surface area contributed by atoms with E-state index in [4.69, 9.17) is 16.0 Å². The van der Waals surface area contributed by atoms with Crippen LogP contribution in [-0.4, -0.2) is 52.8 Å². The summed E-state index contributed by atoms with van der Waals surface area (Å²) in [5.74, 6) is -0.851. The molecule has 6 nitrogen and oxygen atoms in total. The lowest BCUT2D eigenvalue weighted by atomic mass is 9.95. The van der Waals surface area contributed by atoms with E-state index in [2.05, 4.69) is 18.7 Å². The van der Waals surface area contributed by atoms with E-state index in [0.717, 1.165) is 51.7 Å². The molecule has 0 saturated heterocycles. The molecule has 3 rings (SSSR count). The molecule has 2 aromatic rings. The Bertz CT molecular complexity index is 1020. The van der Waals surface area contributed by atoms with Gasteiger partial charge in [-0.2, -0.15) is 0 Å². The number of ketones is 1. The van der Waals surface area contributed by atoms with Gasteiger partial charge in [0.1, 0.15) is 5.76 Å². The first-order valence-electron chi connectivity index (χ1n) is 12.2. The van der Waals surface area contributed by atoms with E-state index in [9.17, 15) is 14.7 Å². The number of carbonyl (C=O) groups is 2. The van der Waals surface area contributed by atoms with Gasteiger partial charge < -0.3 is 19.3 Å². The smallest absolute Gasteiger partial charge is 0.290 e. The number of aliphatic hydroxyl groups is 1. The summed E-state index contributed by atoms with van der Waals surface area (Å²) in [6.07, 6.45) is 5.30. The van der Waals surface area contributed by atoms with Gasteiger partial charge in [-0.25, -0.2) is 0 Å². The molecule has 2 heterocycles. The first kappa shape index (κ1) is 26.0. The van der Waals surface area contributed by atoms with Crippen LogP contribution in [0, 0.1) is 6.92 Å². The molecular formula is C27H35ClN2O4. The molecule has 0 spiro atoms.